The normalized spacial score (nSPS) is 10.6. The Kier molecular flexibility index (Phi) is 3.32. The van der Waals surface area contributed by atoms with Crippen LogP contribution in [0.3, 0.4) is 0 Å². The van der Waals surface area contributed by atoms with Crippen molar-refractivity contribution in [3.8, 4) is 0 Å². The third-order valence-corrected chi connectivity index (χ3v) is 3.39. The zero-order chi connectivity index (χ0) is 15.5. The van der Waals surface area contributed by atoms with Crippen LogP contribution < -0.4 is 10.6 Å². The van der Waals surface area contributed by atoms with Crippen molar-refractivity contribution in [3.63, 3.8) is 0 Å². The number of rotatable bonds is 4. The molecule has 0 saturated heterocycles. The number of anilines is 4. The minimum Gasteiger partial charge on any atom is -0.325 e. The number of para-hydroxylation sites is 2. The van der Waals surface area contributed by atoms with Gasteiger partial charge in [0.1, 0.15) is 11.6 Å². The highest BCUT2D eigenvalue weighted by molar-refractivity contribution is 5.91. The highest BCUT2D eigenvalue weighted by Gasteiger charge is 2.08. The van der Waals surface area contributed by atoms with Gasteiger partial charge in [-0.1, -0.05) is 30.3 Å². The van der Waals surface area contributed by atoms with Crippen LogP contribution in [-0.2, 0) is 0 Å². The van der Waals surface area contributed by atoms with E-state index >= 15 is 0 Å². The molecule has 0 amide bonds. The molecule has 2 aromatic heterocycles. The Balaban J connectivity index is 1.77. The molecule has 3 N–H and O–H groups in total. The van der Waals surface area contributed by atoms with E-state index in [1.165, 1.54) is 0 Å². The predicted octanol–water partition coefficient (Wildman–Crippen LogP) is 3.84. The van der Waals surface area contributed by atoms with Gasteiger partial charge in [0.2, 0.25) is 5.95 Å². The molecule has 4 aromatic rings. The zero-order valence-corrected chi connectivity index (χ0v) is 12.2. The van der Waals surface area contributed by atoms with Gasteiger partial charge in [-0.05, 0) is 24.3 Å². The molecule has 6 nitrogen and oxygen atoms in total. The lowest BCUT2D eigenvalue weighted by Crippen LogP contribution is -2.02. The second kappa shape index (κ2) is 5.76. The number of H-pyrrole nitrogens is 1. The SMILES string of the molecule is c1ccc(Nc2nc(Nc3ccn[nH]3)c3ccccc3n2)cc1. The Morgan fingerprint density at radius 1 is 0.783 bits per heavy atom. The van der Waals surface area contributed by atoms with E-state index < -0.39 is 0 Å². The van der Waals surface area contributed by atoms with E-state index in [2.05, 4.69) is 30.8 Å². The van der Waals surface area contributed by atoms with Crippen molar-refractivity contribution in [1.82, 2.24) is 20.2 Å². The summed E-state index contributed by atoms with van der Waals surface area (Å²) >= 11 is 0. The van der Waals surface area contributed by atoms with E-state index in [1.807, 2.05) is 60.7 Å². The molecule has 23 heavy (non-hydrogen) atoms. The fourth-order valence-corrected chi connectivity index (χ4v) is 2.33. The van der Waals surface area contributed by atoms with Gasteiger partial charge in [0.25, 0.3) is 0 Å². The van der Waals surface area contributed by atoms with Crippen molar-refractivity contribution in [2.45, 2.75) is 0 Å². The van der Waals surface area contributed by atoms with Crippen LogP contribution in [0, 0.1) is 0 Å². The first kappa shape index (κ1) is 13.3. The predicted molar refractivity (Wildman–Crippen MR) is 91.1 cm³/mol. The molecule has 2 heterocycles. The van der Waals surface area contributed by atoms with Gasteiger partial charge in [0.15, 0.2) is 0 Å². The third-order valence-electron chi connectivity index (χ3n) is 3.39. The summed E-state index contributed by atoms with van der Waals surface area (Å²) in [6, 6.07) is 19.6. The summed E-state index contributed by atoms with van der Waals surface area (Å²) in [6.07, 6.45) is 1.69. The number of aromatic amines is 1. The third kappa shape index (κ3) is 2.82. The van der Waals surface area contributed by atoms with E-state index in [4.69, 9.17) is 0 Å². The zero-order valence-electron chi connectivity index (χ0n) is 12.2. The van der Waals surface area contributed by atoms with Gasteiger partial charge in [0.05, 0.1) is 11.7 Å². The minimum atomic E-state index is 0.539. The minimum absolute atomic E-state index is 0.539. The van der Waals surface area contributed by atoms with Crippen LogP contribution in [0.15, 0.2) is 66.9 Å². The average Bonchev–Trinajstić information content (AvgIpc) is 3.09. The summed E-state index contributed by atoms with van der Waals surface area (Å²) in [5.74, 6) is 2.04. The maximum absolute atomic E-state index is 4.59. The summed E-state index contributed by atoms with van der Waals surface area (Å²) in [4.78, 5) is 9.16. The number of nitrogens with zero attached hydrogens (tertiary/aromatic N) is 3. The van der Waals surface area contributed by atoms with Crippen LogP contribution in [0.1, 0.15) is 0 Å². The number of aromatic nitrogens is 4. The van der Waals surface area contributed by atoms with Gasteiger partial charge in [-0.2, -0.15) is 10.1 Å². The van der Waals surface area contributed by atoms with Crippen LogP contribution >= 0.6 is 0 Å². The van der Waals surface area contributed by atoms with Gasteiger partial charge in [0, 0.05) is 17.1 Å². The monoisotopic (exact) mass is 302 g/mol. The molecular weight excluding hydrogens is 288 g/mol. The standard InChI is InChI=1S/C17H14N6/c1-2-6-12(7-3-1)19-17-20-14-9-5-4-8-13(14)16(22-17)21-15-10-11-18-23-15/h1-11H,(H3,18,19,20,21,22,23). The summed E-state index contributed by atoms with van der Waals surface area (Å²) in [5.41, 5.74) is 1.80. The van der Waals surface area contributed by atoms with Crippen molar-refractivity contribution in [3.05, 3.63) is 66.9 Å². The molecule has 2 aromatic carbocycles. The van der Waals surface area contributed by atoms with Crippen LogP contribution in [0.25, 0.3) is 10.9 Å². The second-order valence-corrected chi connectivity index (χ2v) is 5.00. The number of hydrogen-bond acceptors (Lipinski definition) is 5. The van der Waals surface area contributed by atoms with Crippen molar-refractivity contribution < 1.29 is 0 Å². The molecule has 0 fully saturated rings. The van der Waals surface area contributed by atoms with E-state index in [1.54, 1.807) is 6.20 Å². The van der Waals surface area contributed by atoms with E-state index in [0.29, 0.717) is 5.95 Å². The molecule has 0 aliphatic heterocycles. The molecule has 0 unspecified atom stereocenters. The van der Waals surface area contributed by atoms with Gasteiger partial charge >= 0.3 is 0 Å². The van der Waals surface area contributed by atoms with Gasteiger partial charge in [-0.3, -0.25) is 5.10 Å². The maximum Gasteiger partial charge on any atom is 0.229 e. The van der Waals surface area contributed by atoms with Crippen molar-refractivity contribution in [2.24, 2.45) is 0 Å². The largest absolute Gasteiger partial charge is 0.325 e. The molecule has 0 aliphatic carbocycles. The summed E-state index contributed by atoms with van der Waals surface area (Å²) < 4.78 is 0. The van der Waals surface area contributed by atoms with Gasteiger partial charge in [-0.15, -0.1) is 0 Å². The molecule has 4 rings (SSSR count). The Hall–Kier alpha value is -3.41. The van der Waals surface area contributed by atoms with Gasteiger partial charge < -0.3 is 10.6 Å². The summed E-state index contributed by atoms with van der Waals surface area (Å²) in [5, 5.41) is 14.2. The second-order valence-electron chi connectivity index (χ2n) is 5.00. The van der Waals surface area contributed by atoms with Gasteiger partial charge in [-0.25, -0.2) is 4.98 Å². The first-order valence-corrected chi connectivity index (χ1v) is 7.24. The summed E-state index contributed by atoms with van der Waals surface area (Å²) in [6.45, 7) is 0. The van der Waals surface area contributed by atoms with Crippen LogP contribution in [0.5, 0.6) is 0 Å². The highest BCUT2D eigenvalue weighted by atomic mass is 15.2. The Morgan fingerprint density at radius 2 is 1.61 bits per heavy atom. The topological polar surface area (TPSA) is 78.5 Å². The molecule has 6 heteroatoms. The van der Waals surface area contributed by atoms with Crippen LogP contribution in [-0.4, -0.2) is 20.2 Å². The quantitative estimate of drug-likeness (QED) is 0.534. The van der Waals surface area contributed by atoms with E-state index in [0.717, 1.165) is 28.2 Å². The lowest BCUT2D eigenvalue weighted by molar-refractivity contribution is 1.09. The van der Waals surface area contributed by atoms with Crippen molar-refractivity contribution >= 4 is 34.2 Å². The van der Waals surface area contributed by atoms with Crippen molar-refractivity contribution in [2.75, 3.05) is 10.6 Å². The maximum atomic E-state index is 4.59. The number of nitrogens with one attached hydrogen (secondary N) is 3. The highest BCUT2D eigenvalue weighted by Crippen LogP contribution is 2.25. The Morgan fingerprint density at radius 3 is 2.43 bits per heavy atom. The molecule has 0 radical (unpaired) electrons. The fourth-order valence-electron chi connectivity index (χ4n) is 2.33. The smallest absolute Gasteiger partial charge is 0.229 e. The number of hydrogen-bond donors (Lipinski definition) is 3. The molecule has 0 saturated carbocycles. The first-order chi connectivity index (χ1) is 11.4. The van der Waals surface area contributed by atoms with E-state index in [-0.39, 0.29) is 0 Å². The number of benzene rings is 2. The first-order valence-electron chi connectivity index (χ1n) is 7.24. The summed E-state index contributed by atoms with van der Waals surface area (Å²) in [7, 11) is 0. The number of fused-ring (bicyclic) bond motifs is 1. The molecule has 0 atom stereocenters. The molecule has 0 spiro atoms. The molecule has 0 aliphatic rings. The van der Waals surface area contributed by atoms with Crippen molar-refractivity contribution in [1.29, 1.82) is 0 Å². The molecule has 0 bridgehead atoms. The fraction of sp³-hybridized carbons (Fsp3) is 0. The van der Waals surface area contributed by atoms with Crippen LogP contribution in [0.4, 0.5) is 23.3 Å². The average molecular weight is 302 g/mol. The lowest BCUT2D eigenvalue weighted by Gasteiger charge is -2.10. The lowest BCUT2D eigenvalue weighted by atomic mass is 10.2. The van der Waals surface area contributed by atoms with Crippen LogP contribution in [0.2, 0.25) is 0 Å². The molecule has 112 valence electrons. The Labute approximate surface area is 132 Å². The van der Waals surface area contributed by atoms with E-state index in [9.17, 15) is 0 Å². The molecular formula is C17H14N6. The Bertz CT molecular complexity index is 918.